The van der Waals surface area contributed by atoms with Crippen molar-refractivity contribution in [3.05, 3.63) is 35.4 Å². The van der Waals surface area contributed by atoms with Crippen LogP contribution in [-0.2, 0) is 15.9 Å². The van der Waals surface area contributed by atoms with Gasteiger partial charge >= 0.3 is 0 Å². The summed E-state index contributed by atoms with van der Waals surface area (Å²) >= 11 is 0. The molecule has 0 amide bonds. The van der Waals surface area contributed by atoms with E-state index in [2.05, 4.69) is 6.07 Å². The molecule has 0 saturated heterocycles. The number of hydrogen-bond donors (Lipinski definition) is 0. The molecule has 0 spiro atoms. The van der Waals surface area contributed by atoms with Crippen LogP contribution in [0.15, 0.2) is 24.3 Å². The maximum absolute atomic E-state index is 8.85. The molecule has 0 bridgehead atoms. The van der Waals surface area contributed by atoms with E-state index in [-0.39, 0.29) is 6.29 Å². The zero-order valence-corrected chi connectivity index (χ0v) is 8.36. The normalized spacial score (nSPS) is 10.1. The molecular weight excluding hydrogens is 178 g/mol. The van der Waals surface area contributed by atoms with Crippen molar-refractivity contribution in [3.63, 3.8) is 0 Å². The quantitative estimate of drug-likeness (QED) is 0.680. The van der Waals surface area contributed by atoms with Crippen molar-refractivity contribution < 1.29 is 9.47 Å². The first kappa shape index (κ1) is 10.7. The number of rotatable bonds is 4. The van der Waals surface area contributed by atoms with Gasteiger partial charge in [0.2, 0.25) is 0 Å². The van der Waals surface area contributed by atoms with E-state index in [4.69, 9.17) is 14.7 Å². The van der Waals surface area contributed by atoms with Crippen LogP contribution >= 0.6 is 0 Å². The van der Waals surface area contributed by atoms with Crippen LogP contribution in [0.5, 0.6) is 0 Å². The molecule has 0 unspecified atom stereocenters. The van der Waals surface area contributed by atoms with Crippen LogP contribution in [-0.4, -0.2) is 20.5 Å². The number of hydrogen-bond acceptors (Lipinski definition) is 3. The van der Waals surface area contributed by atoms with Crippen LogP contribution in [0.1, 0.15) is 11.1 Å². The van der Waals surface area contributed by atoms with Gasteiger partial charge in [0, 0.05) is 20.6 Å². The van der Waals surface area contributed by atoms with Crippen LogP contribution in [0, 0.1) is 11.3 Å². The Morgan fingerprint density at radius 1 is 1.29 bits per heavy atom. The molecule has 1 aromatic carbocycles. The minimum Gasteiger partial charge on any atom is -0.356 e. The number of benzene rings is 1. The summed E-state index contributed by atoms with van der Waals surface area (Å²) in [6.07, 6.45) is 0.306. The first-order valence-electron chi connectivity index (χ1n) is 4.35. The number of ether oxygens (including phenoxy) is 2. The highest BCUT2D eigenvalue weighted by atomic mass is 16.7. The van der Waals surface area contributed by atoms with Crippen molar-refractivity contribution >= 4 is 0 Å². The van der Waals surface area contributed by atoms with Gasteiger partial charge in [-0.05, 0) is 11.6 Å². The molecule has 0 radical (unpaired) electrons. The lowest BCUT2D eigenvalue weighted by atomic mass is 10.1. The average molecular weight is 191 g/mol. The minimum atomic E-state index is -0.288. The lowest BCUT2D eigenvalue weighted by Crippen LogP contribution is -2.16. The third-order valence-corrected chi connectivity index (χ3v) is 2.05. The van der Waals surface area contributed by atoms with Gasteiger partial charge in [-0.3, -0.25) is 0 Å². The summed E-state index contributed by atoms with van der Waals surface area (Å²) in [7, 11) is 3.17. The summed E-state index contributed by atoms with van der Waals surface area (Å²) in [5, 5.41) is 8.85. The summed E-state index contributed by atoms with van der Waals surface area (Å²) in [6, 6.07) is 9.58. The van der Waals surface area contributed by atoms with Crippen LogP contribution in [0.4, 0.5) is 0 Å². The van der Waals surface area contributed by atoms with Gasteiger partial charge in [0.05, 0.1) is 11.6 Å². The molecule has 0 aromatic heterocycles. The van der Waals surface area contributed by atoms with E-state index in [1.807, 2.05) is 18.2 Å². The Morgan fingerprint density at radius 2 is 1.93 bits per heavy atom. The Hall–Kier alpha value is -1.37. The fourth-order valence-electron chi connectivity index (χ4n) is 1.25. The van der Waals surface area contributed by atoms with Crippen LogP contribution < -0.4 is 0 Å². The molecule has 0 saturated carbocycles. The fraction of sp³-hybridized carbons (Fsp3) is 0.364. The van der Waals surface area contributed by atoms with Crippen molar-refractivity contribution in [1.29, 1.82) is 5.26 Å². The number of nitrogens with zero attached hydrogens (tertiary/aromatic N) is 1. The van der Waals surface area contributed by atoms with Crippen LogP contribution in [0.3, 0.4) is 0 Å². The zero-order chi connectivity index (χ0) is 10.4. The summed E-state index contributed by atoms with van der Waals surface area (Å²) in [5.41, 5.74) is 1.62. The second kappa shape index (κ2) is 5.38. The third-order valence-electron chi connectivity index (χ3n) is 2.05. The summed E-state index contributed by atoms with van der Waals surface area (Å²) in [6.45, 7) is 0. The Morgan fingerprint density at radius 3 is 2.50 bits per heavy atom. The minimum absolute atomic E-state index is 0.288. The summed E-state index contributed by atoms with van der Waals surface area (Å²) in [4.78, 5) is 0. The van der Waals surface area contributed by atoms with Crippen LogP contribution in [0.25, 0.3) is 0 Å². The molecular formula is C11H13NO2. The lowest BCUT2D eigenvalue weighted by Gasteiger charge is -2.13. The molecule has 0 heterocycles. The summed E-state index contributed by atoms with van der Waals surface area (Å²) in [5.74, 6) is 0. The van der Waals surface area contributed by atoms with E-state index >= 15 is 0 Å². The van der Waals surface area contributed by atoms with Gasteiger partial charge in [-0.1, -0.05) is 18.2 Å². The molecule has 0 fully saturated rings. The average Bonchev–Trinajstić information content (AvgIpc) is 2.26. The van der Waals surface area contributed by atoms with Gasteiger partial charge in [0.15, 0.2) is 6.29 Å². The molecule has 1 aromatic rings. The SMILES string of the molecule is COC(Cc1ccccc1C#N)OC. The van der Waals surface area contributed by atoms with Crippen molar-refractivity contribution in [3.8, 4) is 6.07 Å². The molecule has 0 aliphatic heterocycles. The van der Waals surface area contributed by atoms with Crippen LogP contribution in [0.2, 0.25) is 0 Å². The lowest BCUT2D eigenvalue weighted by molar-refractivity contribution is -0.100. The highest BCUT2D eigenvalue weighted by Gasteiger charge is 2.09. The van der Waals surface area contributed by atoms with Gasteiger partial charge in [-0.15, -0.1) is 0 Å². The molecule has 74 valence electrons. The Kier molecular flexibility index (Phi) is 4.11. The highest BCUT2D eigenvalue weighted by Crippen LogP contribution is 2.11. The van der Waals surface area contributed by atoms with Gasteiger partial charge in [-0.25, -0.2) is 0 Å². The molecule has 0 atom stereocenters. The fourth-order valence-corrected chi connectivity index (χ4v) is 1.25. The van der Waals surface area contributed by atoms with Crippen molar-refractivity contribution in [2.45, 2.75) is 12.7 Å². The smallest absolute Gasteiger partial charge is 0.160 e. The first-order valence-corrected chi connectivity index (χ1v) is 4.35. The maximum Gasteiger partial charge on any atom is 0.160 e. The third kappa shape index (κ3) is 2.56. The standard InChI is InChI=1S/C11H13NO2/c1-13-11(14-2)7-9-5-3-4-6-10(9)8-12/h3-6,11H,7H2,1-2H3. The van der Waals surface area contributed by atoms with Gasteiger partial charge < -0.3 is 9.47 Å². The first-order chi connectivity index (χ1) is 6.81. The van der Waals surface area contributed by atoms with E-state index in [0.717, 1.165) is 5.56 Å². The molecule has 1 rings (SSSR count). The predicted molar refractivity (Wildman–Crippen MR) is 52.7 cm³/mol. The number of methoxy groups -OCH3 is 2. The highest BCUT2D eigenvalue weighted by molar-refractivity contribution is 5.37. The van der Waals surface area contributed by atoms with E-state index in [9.17, 15) is 0 Å². The Labute approximate surface area is 83.9 Å². The second-order valence-electron chi connectivity index (χ2n) is 2.87. The number of nitriles is 1. The molecule has 3 nitrogen and oxygen atoms in total. The largest absolute Gasteiger partial charge is 0.356 e. The predicted octanol–water partition coefficient (Wildman–Crippen LogP) is 1.72. The van der Waals surface area contributed by atoms with E-state index in [1.165, 1.54) is 0 Å². The van der Waals surface area contributed by atoms with Crippen molar-refractivity contribution in [2.24, 2.45) is 0 Å². The maximum atomic E-state index is 8.85. The van der Waals surface area contributed by atoms with Gasteiger partial charge in [0.1, 0.15) is 0 Å². The van der Waals surface area contributed by atoms with Gasteiger partial charge in [-0.2, -0.15) is 5.26 Å². The Bertz CT molecular complexity index is 326. The topological polar surface area (TPSA) is 42.2 Å². The summed E-state index contributed by atoms with van der Waals surface area (Å²) < 4.78 is 10.1. The molecule has 0 aliphatic carbocycles. The monoisotopic (exact) mass is 191 g/mol. The molecule has 3 heteroatoms. The van der Waals surface area contributed by atoms with Crippen molar-refractivity contribution in [2.75, 3.05) is 14.2 Å². The second-order valence-corrected chi connectivity index (χ2v) is 2.87. The van der Waals surface area contributed by atoms with Crippen molar-refractivity contribution in [1.82, 2.24) is 0 Å². The molecule has 14 heavy (non-hydrogen) atoms. The van der Waals surface area contributed by atoms with Gasteiger partial charge in [0.25, 0.3) is 0 Å². The zero-order valence-electron chi connectivity index (χ0n) is 8.36. The van der Waals surface area contributed by atoms with E-state index in [0.29, 0.717) is 12.0 Å². The molecule has 0 N–H and O–H groups in total. The molecule has 0 aliphatic rings. The Balaban J connectivity index is 2.80. The van der Waals surface area contributed by atoms with E-state index in [1.54, 1.807) is 20.3 Å². The van der Waals surface area contributed by atoms with E-state index < -0.39 is 0 Å².